The fraction of sp³-hybridized carbons (Fsp3) is 0.458. The predicted molar refractivity (Wildman–Crippen MR) is 118 cm³/mol. The average molecular weight is 445 g/mol. The standard InChI is InChI=1S/C24H27F3N4O/c1-15(2)23-28-11-17(12-29-23)13-30-8-4-5-18(30)14-31-20-7-6-16(3)9-19(20)21(32)10-22(31)24(25,26)27/h6-7,9-12,15,18H,4-5,8,13-14H2,1-3H3/t18-/m0/s1. The molecule has 1 aliphatic heterocycles. The van der Waals surface area contributed by atoms with E-state index in [1.165, 1.54) is 4.57 Å². The van der Waals surface area contributed by atoms with Gasteiger partial charge in [0.1, 0.15) is 11.5 Å². The number of likely N-dealkylation sites (tertiary alicyclic amines) is 1. The number of benzene rings is 1. The molecule has 170 valence electrons. The zero-order chi connectivity index (χ0) is 23.0. The largest absolute Gasteiger partial charge is 0.431 e. The van der Waals surface area contributed by atoms with Crippen molar-refractivity contribution in [3.05, 3.63) is 69.5 Å². The summed E-state index contributed by atoms with van der Waals surface area (Å²) in [5.41, 5.74) is 0.617. The molecule has 3 aromatic rings. The molecule has 0 spiro atoms. The minimum Gasteiger partial charge on any atom is -0.335 e. The van der Waals surface area contributed by atoms with Gasteiger partial charge >= 0.3 is 6.18 Å². The van der Waals surface area contributed by atoms with E-state index in [-0.39, 0.29) is 18.5 Å². The molecule has 1 aliphatic rings. The molecule has 1 saturated heterocycles. The number of fused-ring (bicyclic) bond motifs is 1. The van der Waals surface area contributed by atoms with Crippen molar-refractivity contribution in [2.75, 3.05) is 6.54 Å². The van der Waals surface area contributed by atoms with Crippen LogP contribution in [0.3, 0.4) is 0 Å². The van der Waals surface area contributed by atoms with Crippen LogP contribution in [0.4, 0.5) is 13.2 Å². The van der Waals surface area contributed by atoms with Gasteiger partial charge in [-0.2, -0.15) is 13.2 Å². The Labute approximate surface area is 184 Å². The molecule has 0 saturated carbocycles. The molecule has 0 aliphatic carbocycles. The Bertz CT molecular complexity index is 1170. The fourth-order valence-corrected chi connectivity index (χ4v) is 4.42. The number of pyridine rings is 1. The van der Waals surface area contributed by atoms with E-state index in [2.05, 4.69) is 14.9 Å². The highest BCUT2D eigenvalue weighted by molar-refractivity contribution is 5.80. The molecule has 8 heteroatoms. The Hall–Kier alpha value is -2.74. The van der Waals surface area contributed by atoms with Gasteiger partial charge in [-0.15, -0.1) is 0 Å². The van der Waals surface area contributed by atoms with Crippen LogP contribution in [-0.2, 0) is 19.3 Å². The number of nitrogens with zero attached hydrogens (tertiary/aromatic N) is 4. The van der Waals surface area contributed by atoms with Crippen LogP contribution < -0.4 is 5.43 Å². The van der Waals surface area contributed by atoms with E-state index in [1.54, 1.807) is 30.6 Å². The summed E-state index contributed by atoms with van der Waals surface area (Å²) >= 11 is 0. The van der Waals surface area contributed by atoms with Crippen molar-refractivity contribution in [1.29, 1.82) is 0 Å². The van der Waals surface area contributed by atoms with Crippen molar-refractivity contribution in [2.24, 2.45) is 0 Å². The zero-order valence-corrected chi connectivity index (χ0v) is 18.5. The maximum Gasteiger partial charge on any atom is 0.431 e. The lowest BCUT2D eigenvalue weighted by atomic mass is 10.1. The van der Waals surface area contributed by atoms with Gasteiger partial charge in [0, 0.05) is 54.5 Å². The minimum absolute atomic E-state index is 0.0760. The Balaban J connectivity index is 1.67. The molecular formula is C24H27F3N4O. The van der Waals surface area contributed by atoms with Gasteiger partial charge in [0.25, 0.3) is 0 Å². The summed E-state index contributed by atoms with van der Waals surface area (Å²) in [4.78, 5) is 23.4. The molecule has 0 N–H and O–H groups in total. The van der Waals surface area contributed by atoms with Crippen LogP contribution in [0.15, 0.2) is 41.5 Å². The van der Waals surface area contributed by atoms with E-state index in [0.717, 1.165) is 42.4 Å². The topological polar surface area (TPSA) is 51.0 Å². The van der Waals surface area contributed by atoms with E-state index in [9.17, 15) is 18.0 Å². The molecule has 2 aromatic heterocycles. The minimum atomic E-state index is -4.61. The Morgan fingerprint density at radius 2 is 1.88 bits per heavy atom. The second-order valence-corrected chi connectivity index (χ2v) is 8.89. The van der Waals surface area contributed by atoms with E-state index in [4.69, 9.17) is 0 Å². The monoisotopic (exact) mass is 444 g/mol. The highest BCUT2D eigenvalue weighted by Gasteiger charge is 2.36. The van der Waals surface area contributed by atoms with Crippen molar-refractivity contribution in [1.82, 2.24) is 19.4 Å². The quantitative estimate of drug-likeness (QED) is 0.561. The first kappa shape index (κ1) is 22.5. The predicted octanol–water partition coefficient (Wildman–Crippen LogP) is 4.91. The molecular weight excluding hydrogens is 417 g/mol. The summed E-state index contributed by atoms with van der Waals surface area (Å²) in [6.45, 7) is 7.43. The van der Waals surface area contributed by atoms with Gasteiger partial charge in [0.2, 0.25) is 0 Å². The fourth-order valence-electron chi connectivity index (χ4n) is 4.42. The second-order valence-electron chi connectivity index (χ2n) is 8.89. The maximum absolute atomic E-state index is 13.9. The third-order valence-corrected chi connectivity index (χ3v) is 6.08. The summed E-state index contributed by atoms with van der Waals surface area (Å²) in [5.74, 6) is 1.01. The lowest BCUT2D eigenvalue weighted by Crippen LogP contribution is -2.35. The average Bonchev–Trinajstić information content (AvgIpc) is 3.16. The highest BCUT2D eigenvalue weighted by atomic mass is 19.4. The summed E-state index contributed by atoms with van der Waals surface area (Å²) < 4.78 is 42.9. The molecule has 0 bridgehead atoms. The highest BCUT2D eigenvalue weighted by Crippen LogP contribution is 2.32. The molecule has 5 nitrogen and oxygen atoms in total. The summed E-state index contributed by atoms with van der Waals surface area (Å²) in [6.07, 6.45) is 0.699. The third-order valence-electron chi connectivity index (χ3n) is 6.08. The number of hydrogen-bond acceptors (Lipinski definition) is 4. The first-order chi connectivity index (χ1) is 15.1. The number of aromatic nitrogens is 3. The first-order valence-corrected chi connectivity index (χ1v) is 10.9. The van der Waals surface area contributed by atoms with E-state index in [1.807, 2.05) is 20.8 Å². The molecule has 1 atom stereocenters. The van der Waals surface area contributed by atoms with Gasteiger partial charge in [0.15, 0.2) is 5.43 Å². The third kappa shape index (κ3) is 4.55. The van der Waals surface area contributed by atoms with Gasteiger partial charge in [-0.1, -0.05) is 25.5 Å². The van der Waals surface area contributed by atoms with Crippen LogP contribution in [0.5, 0.6) is 0 Å². The number of hydrogen-bond donors (Lipinski definition) is 0. The Morgan fingerprint density at radius 1 is 1.16 bits per heavy atom. The van der Waals surface area contributed by atoms with Crippen LogP contribution in [0.25, 0.3) is 10.9 Å². The van der Waals surface area contributed by atoms with Gasteiger partial charge < -0.3 is 4.57 Å². The Kier molecular flexibility index (Phi) is 6.07. The maximum atomic E-state index is 13.9. The summed E-state index contributed by atoms with van der Waals surface area (Å²) in [6, 6.07) is 5.69. The second kappa shape index (κ2) is 8.65. The molecule has 1 aromatic carbocycles. The lowest BCUT2D eigenvalue weighted by Gasteiger charge is -2.28. The molecule has 32 heavy (non-hydrogen) atoms. The number of alkyl halides is 3. The van der Waals surface area contributed by atoms with Gasteiger partial charge in [-0.05, 0) is 38.4 Å². The van der Waals surface area contributed by atoms with Gasteiger partial charge in [-0.25, -0.2) is 9.97 Å². The van der Waals surface area contributed by atoms with E-state index in [0.29, 0.717) is 17.4 Å². The molecule has 1 fully saturated rings. The number of rotatable bonds is 5. The number of aryl methyl sites for hydroxylation is 1. The molecule has 0 amide bonds. The number of halogens is 3. The zero-order valence-electron chi connectivity index (χ0n) is 18.5. The van der Waals surface area contributed by atoms with Crippen LogP contribution in [0, 0.1) is 6.92 Å². The van der Waals surface area contributed by atoms with Crippen LogP contribution in [0.2, 0.25) is 0 Å². The van der Waals surface area contributed by atoms with Crippen molar-refractivity contribution in [3.8, 4) is 0 Å². The van der Waals surface area contributed by atoms with Gasteiger partial charge in [-0.3, -0.25) is 9.69 Å². The summed E-state index contributed by atoms with van der Waals surface area (Å²) in [7, 11) is 0. The summed E-state index contributed by atoms with van der Waals surface area (Å²) in [5, 5.41) is 0.320. The molecule has 0 unspecified atom stereocenters. The van der Waals surface area contributed by atoms with E-state index >= 15 is 0 Å². The Morgan fingerprint density at radius 3 is 2.53 bits per heavy atom. The van der Waals surface area contributed by atoms with Crippen molar-refractivity contribution < 1.29 is 13.2 Å². The normalized spacial score (nSPS) is 17.5. The van der Waals surface area contributed by atoms with Crippen molar-refractivity contribution in [2.45, 2.75) is 64.8 Å². The smallest absolute Gasteiger partial charge is 0.335 e. The van der Waals surface area contributed by atoms with E-state index < -0.39 is 17.3 Å². The lowest BCUT2D eigenvalue weighted by molar-refractivity contribution is -0.144. The van der Waals surface area contributed by atoms with Gasteiger partial charge in [0.05, 0.1) is 5.52 Å². The SMILES string of the molecule is Cc1ccc2c(c1)c(=O)cc(C(F)(F)F)n2C[C@@H]1CCCN1Cc1cnc(C(C)C)nc1. The van der Waals surface area contributed by atoms with Crippen molar-refractivity contribution >= 4 is 10.9 Å². The molecule has 3 heterocycles. The van der Waals surface area contributed by atoms with Crippen LogP contribution in [-0.4, -0.2) is 32.0 Å². The van der Waals surface area contributed by atoms with Crippen LogP contribution in [0.1, 0.15) is 55.3 Å². The van der Waals surface area contributed by atoms with Crippen LogP contribution >= 0.6 is 0 Å². The van der Waals surface area contributed by atoms with Crippen molar-refractivity contribution in [3.63, 3.8) is 0 Å². The first-order valence-electron chi connectivity index (χ1n) is 10.9. The molecule has 4 rings (SSSR count). The molecule has 0 radical (unpaired) electrons.